The second-order valence-corrected chi connectivity index (χ2v) is 7.99. The van der Waals surface area contributed by atoms with Crippen LogP contribution < -0.4 is 4.57 Å². The Morgan fingerprint density at radius 1 is 1.12 bits per heavy atom. The number of nitrogens with zero attached hydrogens (tertiary/aromatic N) is 2. The van der Waals surface area contributed by atoms with E-state index in [2.05, 4.69) is 16.7 Å². The van der Waals surface area contributed by atoms with Crippen LogP contribution in [0.3, 0.4) is 0 Å². The molecule has 4 aromatic rings. The summed E-state index contributed by atoms with van der Waals surface area (Å²) in [6.45, 7) is 2.03. The van der Waals surface area contributed by atoms with Crippen LogP contribution in [0.15, 0.2) is 48.7 Å². The Balaban J connectivity index is 2.26. The number of hydrogen-bond acceptors (Lipinski definition) is 1. The first kappa shape index (κ1) is 15.1. The second-order valence-electron chi connectivity index (χ2n) is 5.85. The van der Waals surface area contributed by atoms with Crippen LogP contribution in [0.2, 0.25) is 0 Å². The predicted molar refractivity (Wildman–Crippen MR) is 94.4 cm³/mol. The summed E-state index contributed by atoms with van der Waals surface area (Å²) >= 11 is -0.147. The zero-order chi connectivity index (χ0) is 16.8. The molecule has 0 N–H and O–H groups in total. The molecular formula is C20H14FN2Se+. The van der Waals surface area contributed by atoms with Gasteiger partial charge in [0.2, 0.25) is 0 Å². The number of hydrogen-bond donors (Lipinski definition) is 0. The summed E-state index contributed by atoms with van der Waals surface area (Å²) in [5.41, 5.74) is 3.91. The molecule has 0 aliphatic carbocycles. The van der Waals surface area contributed by atoms with Crippen molar-refractivity contribution >= 4 is 33.8 Å². The van der Waals surface area contributed by atoms with Crippen LogP contribution in [0.25, 0.3) is 30.6 Å². The Morgan fingerprint density at radius 2 is 1.96 bits per heavy atom. The van der Waals surface area contributed by atoms with Crippen molar-refractivity contribution in [2.24, 2.45) is 7.05 Å². The third-order valence-corrected chi connectivity index (χ3v) is 6.93. The summed E-state index contributed by atoms with van der Waals surface area (Å²) < 4.78 is 18.3. The van der Waals surface area contributed by atoms with Gasteiger partial charge in [0.25, 0.3) is 0 Å². The normalized spacial score (nSPS) is 11.1. The SMILES string of the molecule is Cc1cc(C#N)c2c([se]c3c(F)cccc32)c1-c1cccc[n+]1C. The van der Waals surface area contributed by atoms with E-state index in [1.807, 2.05) is 44.4 Å². The van der Waals surface area contributed by atoms with Crippen LogP contribution in [0.5, 0.6) is 0 Å². The maximum atomic E-state index is 14.3. The first-order chi connectivity index (χ1) is 11.6. The van der Waals surface area contributed by atoms with Crippen molar-refractivity contribution in [1.29, 1.82) is 5.26 Å². The standard InChI is InChI=1S/C20H14FN2Se/c1-12-10-13(11-22)18-14-6-5-7-15(21)19(14)24-20(18)17(12)16-8-3-4-9-23(16)2/h3-10H,1-2H3/q+1. The molecule has 0 unspecified atom stereocenters. The molecule has 0 atom stereocenters. The molecule has 0 saturated carbocycles. The summed E-state index contributed by atoms with van der Waals surface area (Å²) in [5.74, 6) is -0.173. The van der Waals surface area contributed by atoms with Crippen LogP contribution in [-0.2, 0) is 7.05 Å². The molecule has 2 aromatic carbocycles. The van der Waals surface area contributed by atoms with Gasteiger partial charge in [-0.25, -0.2) is 0 Å². The van der Waals surface area contributed by atoms with Crippen molar-refractivity contribution in [1.82, 2.24) is 0 Å². The van der Waals surface area contributed by atoms with E-state index < -0.39 is 0 Å². The Bertz CT molecular complexity index is 1150. The molecule has 0 radical (unpaired) electrons. The van der Waals surface area contributed by atoms with Gasteiger partial charge in [-0.05, 0) is 0 Å². The molecule has 0 fully saturated rings. The number of benzene rings is 2. The zero-order valence-electron chi connectivity index (χ0n) is 13.3. The Hall–Kier alpha value is -2.47. The first-order valence-corrected chi connectivity index (χ1v) is 9.32. The maximum absolute atomic E-state index is 14.3. The molecule has 0 saturated heterocycles. The molecule has 2 nitrogen and oxygen atoms in total. The quantitative estimate of drug-likeness (QED) is 0.364. The minimum absolute atomic E-state index is 0.147. The van der Waals surface area contributed by atoms with Gasteiger partial charge in [0.15, 0.2) is 0 Å². The van der Waals surface area contributed by atoms with Gasteiger partial charge in [-0.2, -0.15) is 0 Å². The zero-order valence-corrected chi connectivity index (χ0v) is 15.0. The van der Waals surface area contributed by atoms with E-state index in [9.17, 15) is 9.65 Å². The number of fused-ring (bicyclic) bond motifs is 3. The van der Waals surface area contributed by atoms with Crippen LogP contribution in [0.4, 0.5) is 4.39 Å². The number of aryl methyl sites for hydroxylation is 2. The summed E-state index contributed by atoms with van der Waals surface area (Å²) in [6.07, 6.45) is 2.01. The third-order valence-electron chi connectivity index (χ3n) is 4.35. The van der Waals surface area contributed by atoms with Crippen molar-refractivity contribution in [3.63, 3.8) is 0 Å². The van der Waals surface area contributed by atoms with Crippen LogP contribution in [-0.4, -0.2) is 14.5 Å². The van der Waals surface area contributed by atoms with Gasteiger partial charge in [0, 0.05) is 0 Å². The average molecular weight is 380 g/mol. The van der Waals surface area contributed by atoms with E-state index >= 15 is 0 Å². The second kappa shape index (κ2) is 5.56. The van der Waals surface area contributed by atoms with Gasteiger partial charge in [0.05, 0.1) is 0 Å². The molecule has 2 aromatic heterocycles. The fourth-order valence-electron chi connectivity index (χ4n) is 3.26. The van der Waals surface area contributed by atoms with E-state index in [4.69, 9.17) is 0 Å². The van der Waals surface area contributed by atoms with Gasteiger partial charge in [-0.15, -0.1) is 0 Å². The number of pyridine rings is 1. The molecule has 0 amide bonds. The molecule has 0 spiro atoms. The number of halogens is 1. The molecule has 2 heterocycles. The fraction of sp³-hybridized carbons (Fsp3) is 0.100. The molecule has 0 bridgehead atoms. The molecule has 4 rings (SSSR count). The molecule has 0 aliphatic heterocycles. The van der Waals surface area contributed by atoms with E-state index in [1.54, 1.807) is 6.07 Å². The number of nitriles is 1. The number of rotatable bonds is 1. The van der Waals surface area contributed by atoms with Crippen molar-refractivity contribution in [3.8, 4) is 17.3 Å². The average Bonchev–Trinajstić information content (AvgIpc) is 2.96. The molecule has 24 heavy (non-hydrogen) atoms. The summed E-state index contributed by atoms with van der Waals surface area (Å²) in [6, 6.07) is 15.5. The van der Waals surface area contributed by atoms with Gasteiger partial charge in [0.1, 0.15) is 0 Å². The Morgan fingerprint density at radius 3 is 2.71 bits per heavy atom. The van der Waals surface area contributed by atoms with E-state index in [-0.39, 0.29) is 20.3 Å². The molecule has 116 valence electrons. The monoisotopic (exact) mass is 381 g/mol. The molecule has 4 heteroatoms. The van der Waals surface area contributed by atoms with Crippen LogP contribution >= 0.6 is 0 Å². The Labute approximate surface area is 145 Å². The van der Waals surface area contributed by atoms with Crippen molar-refractivity contribution in [2.75, 3.05) is 0 Å². The van der Waals surface area contributed by atoms with Crippen LogP contribution in [0, 0.1) is 24.1 Å². The van der Waals surface area contributed by atoms with E-state index in [0.29, 0.717) is 5.56 Å². The van der Waals surface area contributed by atoms with E-state index in [0.717, 1.165) is 36.1 Å². The van der Waals surface area contributed by atoms with Crippen molar-refractivity contribution in [3.05, 3.63) is 65.6 Å². The molecule has 0 aliphatic rings. The van der Waals surface area contributed by atoms with Gasteiger partial charge >= 0.3 is 145 Å². The Kier molecular flexibility index (Phi) is 3.49. The van der Waals surface area contributed by atoms with Gasteiger partial charge in [-0.1, -0.05) is 0 Å². The van der Waals surface area contributed by atoms with E-state index in [1.165, 1.54) is 6.07 Å². The first-order valence-electron chi connectivity index (χ1n) is 7.61. The summed E-state index contributed by atoms with van der Waals surface area (Å²) in [4.78, 5) is 0. The minimum atomic E-state index is -0.173. The van der Waals surface area contributed by atoms with Crippen molar-refractivity contribution < 1.29 is 8.96 Å². The summed E-state index contributed by atoms with van der Waals surface area (Å²) in [7, 11) is 2.01. The topological polar surface area (TPSA) is 27.7 Å². The molecular weight excluding hydrogens is 366 g/mol. The summed E-state index contributed by atoms with van der Waals surface area (Å²) in [5, 5.41) is 11.4. The van der Waals surface area contributed by atoms with Crippen LogP contribution in [0.1, 0.15) is 11.1 Å². The number of aromatic nitrogens is 1. The van der Waals surface area contributed by atoms with Gasteiger partial charge < -0.3 is 0 Å². The predicted octanol–water partition coefficient (Wildman–Crippen LogP) is 3.86. The van der Waals surface area contributed by atoms with Gasteiger partial charge in [-0.3, -0.25) is 0 Å². The van der Waals surface area contributed by atoms with Crippen molar-refractivity contribution in [2.45, 2.75) is 6.92 Å². The fourth-order valence-corrected chi connectivity index (χ4v) is 6.07. The third kappa shape index (κ3) is 2.10.